The normalized spacial score (nSPS) is 10.7. The van der Waals surface area contributed by atoms with Crippen LogP contribution in [0.3, 0.4) is 0 Å². The molecule has 0 aliphatic carbocycles. The molecule has 2 aromatic carbocycles. The molecule has 4 nitrogen and oxygen atoms in total. The van der Waals surface area contributed by atoms with Crippen LogP contribution in [0, 0.1) is 0 Å². The number of carbonyl (C=O) groups is 1. The van der Waals surface area contributed by atoms with Gasteiger partial charge in [0.25, 0.3) is 0 Å². The molecule has 0 spiro atoms. The summed E-state index contributed by atoms with van der Waals surface area (Å²) in [7, 11) is 0. The third-order valence-corrected chi connectivity index (χ3v) is 4.14. The number of nitrogens with zero attached hydrogens (tertiary/aromatic N) is 1. The fraction of sp³-hybridized carbons (Fsp3) is 0.222. The number of carbonyl (C=O) groups excluding carboxylic acids is 1. The third kappa shape index (κ3) is 4.07. The van der Waals surface area contributed by atoms with Crippen molar-refractivity contribution < 1.29 is 9.53 Å². The number of aromatic nitrogens is 1. The maximum absolute atomic E-state index is 12.2. The lowest BCUT2D eigenvalue weighted by Gasteiger charge is -2.08. The lowest BCUT2D eigenvalue weighted by atomic mass is 10.1. The zero-order valence-electron chi connectivity index (χ0n) is 12.9. The molecule has 0 bridgehead atoms. The van der Waals surface area contributed by atoms with E-state index in [-0.39, 0.29) is 5.91 Å². The van der Waals surface area contributed by atoms with Crippen LogP contribution in [0.25, 0.3) is 10.2 Å². The lowest BCUT2D eigenvalue weighted by Crippen LogP contribution is -2.14. The van der Waals surface area contributed by atoms with E-state index in [0.717, 1.165) is 33.6 Å². The van der Waals surface area contributed by atoms with Crippen LogP contribution in [0.5, 0.6) is 5.75 Å². The largest absolute Gasteiger partial charge is 0.494 e. The van der Waals surface area contributed by atoms with Crippen molar-refractivity contribution in [3.05, 3.63) is 53.5 Å². The van der Waals surface area contributed by atoms with E-state index in [1.54, 1.807) is 16.8 Å². The molecule has 0 saturated carbocycles. The summed E-state index contributed by atoms with van der Waals surface area (Å²) in [6.07, 6.45) is 1.29. The summed E-state index contributed by atoms with van der Waals surface area (Å²) in [5.74, 6) is 0.768. The molecule has 0 aliphatic rings. The number of hydrogen-bond acceptors (Lipinski definition) is 4. The first-order chi connectivity index (χ1) is 11.2. The Bertz CT molecular complexity index is 813. The second-order valence-electron chi connectivity index (χ2n) is 5.26. The van der Waals surface area contributed by atoms with Gasteiger partial charge in [-0.05, 0) is 42.3 Å². The molecule has 0 fully saturated rings. The van der Waals surface area contributed by atoms with Crippen molar-refractivity contribution in [3.63, 3.8) is 0 Å². The van der Waals surface area contributed by atoms with E-state index >= 15 is 0 Å². The van der Waals surface area contributed by atoms with Gasteiger partial charge in [0.15, 0.2) is 0 Å². The Kier molecular flexibility index (Phi) is 4.88. The average molecular weight is 326 g/mol. The molecule has 0 aliphatic heterocycles. The Morgan fingerprint density at radius 3 is 3.04 bits per heavy atom. The predicted octanol–water partition coefficient (Wildman–Crippen LogP) is 4.27. The van der Waals surface area contributed by atoms with Gasteiger partial charge in [-0.2, -0.15) is 0 Å². The summed E-state index contributed by atoms with van der Waals surface area (Å²) in [6.45, 7) is 2.75. The molecule has 0 atom stereocenters. The van der Waals surface area contributed by atoms with Gasteiger partial charge in [0, 0.05) is 5.69 Å². The van der Waals surface area contributed by atoms with Crippen LogP contribution in [0.15, 0.2) is 48.0 Å². The van der Waals surface area contributed by atoms with Gasteiger partial charge in [0.2, 0.25) is 5.91 Å². The lowest BCUT2D eigenvalue weighted by molar-refractivity contribution is -0.115. The Hall–Kier alpha value is -2.40. The van der Waals surface area contributed by atoms with Crippen molar-refractivity contribution in [3.8, 4) is 5.75 Å². The topological polar surface area (TPSA) is 51.2 Å². The van der Waals surface area contributed by atoms with Gasteiger partial charge < -0.3 is 10.1 Å². The van der Waals surface area contributed by atoms with Crippen molar-refractivity contribution >= 4 is 33.1 Å². The zero-order chi connectivity index (χ0) is 16.1. The summed E-state index contributed by atoms with van der Waals surface area (Å²) in [5, 5.41) is 2.93. The van der Waals surface area contributed by atoms with Gasteiger partial charge in [0.05, 0.1) is 28.8 Å². The van der Waals surface area contributed by atoms with Crippen LogP contribution in [0.2, 0.25) is 0 Å². The summed E-state index contributed by atoms with van der Waals surface area (Å²) in [5.41, 5.74) is 4.49. The van der Waals surface area contributed by atoms with Crippen molar-refractivity contribution in [2.45, 2.75) is 19.8 Å². The van der Waals surface area contributed by atoms with E-state index in [1.165, 1.54) is 0 Å². The maximum atomic E-state index is 12.2. The van der Waals surface area contributed by atoms with Crippen molar-refractivity contribution in [2.75, 3.05) is 11.9 Å². The summed E-state index contributed by atoms with van der Waals surface area (Å²) < 4.78 is 6.67. The predicted molar refractivity (Wildman–Crippen MR) is 94.2 cm³/mol. The first-order valence-corrected chi connectivity index (χ1v) is 8.47. The molecule has 3 rings (SSSR count). The highest BCUT2D eigenvalue weighted by Crippen LogP contribution is 2.22. The highest BCUT2D eigenvalue weighted by molar-refractivity contribution is 7.16. The van der Waals surface area contributed by atoms with Crippen molar-refractivity contribution in [1.82, 2.24) is 4.98 Å². The molecule has 0 unspecified atom stereocenters. The van der Waals surface area contributed by atoms with Crippen molar-refractivity contribution in [2.24, 2.45) is 0 Å². The van der Waals surface area contributed by atoms with E-state index in [0.29, 0.717) is 13.0 Å². The molecular weight excluding hydrogens is 308 g/mol. The summed E-state index contributed by atoms with van der Waals surface area (Å²) >= 11 is 1.56. The molecule has 0 radical (unpaired) electrons. The van der Waals surface area contributed by atoms with Gasteiger partial charge in [-0.1, -0.05) is 19.1 Å². The minimum Gasteiger partial charge on any atom is -0.494 e. The minimum atomic E-state index is -0.0403. The SMILES string of the molecule is CCCOc1cccc(CC(=O)Nc2ccc3ncsc3c2)c1. The number of ether oxygens (including phenoxy) is 1. The average Bonchev–Trinajstić information content (AvgIpc) is 3.01. The van der Waals surface area contributed by atoms with E-state index in [1.807, 2.05) is 42.5 Å². The van der Waals surface area contributed by atoms with E-state index in [9.17, 15) is 4.79 Å². The molecule has 1 heterocycles. The number of anilines is 1. The number of benzene rings is 2. The highest BCUT2D eigenvalue weighted by Gasteiger charge is 2.06. The molecule has 3 aromatic rings. The van der Waals surface area contributed by atoms with E-state index < -0.39 is 0 Å². The van der Waals surface area contributed by atoms with Gasteiger partial charge in [-0.25, -0.2) is 4.98 Å². The van der Waals surface area contributed by atoms with Crippen LogP contribution in [0.1, 0.15) is 18.9 Å². The Balaban J connectivity index is 1.64. The van der Waals surface area contributed by atoms with Crippen LogP contribution in [-0.2, 0) is 11.2 Å². The van der Waals surface area contributed by atoms with E-state index in [2.05, 4.69) is 17.2 Å². The molecular formula is C18H18N2O2S. The number of hydrogen-bond donors (Lipinski definition) is 1. The number of fused-ring (bicyclic) bond motifs is 1. The highest BCUT2D eigenvalue weighted by atomic mass is 32.1. The Morgan fingerprint density at radius 2 is 2.17 bits per heavy atom. The van der Waals surface area contributed by atoms with Crippen LogP contribution in [-0.4, -0.2) is 17.5 Å². The van der Waals surface area contributed by atoms with Gasteiger partial charge >= 0.3 is 0 Å². The Labute approximate surface area is 139 Å². The second kappa shape index (κ2) is 7.24. The zero-order valence-corrected chi connectivity index (χ0v) is 13.7. The van der Waals surface area contributed by atoms with Crippen molar-refractivity contribution in [1.29, 1.82) is 0 Å². The smallest absolute Gasteiger partial charge is 0.228 e. The summed E-state index contributed by atoms with van der Waals surface area (Å²) in [6, 6.07) is 13.4. The fourth-order valence-electron chi connectivity index (χ4n) is 2.29. The number of amides is 1. The number of thiazole rings is 1. The standard InChI is InChI=1S/C18H18N2O2S/c1-2-8-22-15-5-3-4-13(9-15)10-18(21)20-14-6-7-16-17(11-14)23-12-19-16/h3-7,9,11-12H,2,8,10H2,1H3,(H,20,21). The number of nitrogens with one attached hydrogen (secondary N) is 1. The molecule has 118 valence electrons. The number of rotatable bonds is 6. The first kappa shape index (κ1) is 15.5. The minimum absolute atomic E-state index is 0.0403. The Morgan fingerprint density at radius 1 is 1.26 bits per heavy atom. The molecule has 23 heavy (non-hydrogen) atoms. The molecule has 0 saturated heterocycles. The molecule has 1 N–H and O–H groups in total. The summed E-state index contributed by atoms with van der Waals surface area (Å²) in [4.78, 5) is 16.5. The van der Waals surface area contributed by atoms with Gasteiger partial charge in [-0.3, -0.25) is 4.79 Å². The van der Waals surface area contributed by atoms with Gasteiger partial charge in [-0.15, -0.1) is 11.3 Å². The molecule has 1 aromatic heterocycles. The monoisotopic (exact) mass is 326 g/mol. The van der Waals surface area contributed by atoms with Gasteiger partial charge in [0.1, 0.15) is 5.75 Å². The van der Waals surface area contributed by atoms with Crippen LogP contribution < -0.4 is 10.1 Å². The molecule has 5 heteroatoms. The first-order valence-electron chi connectivity index (χ1n) is 7.59. The van der Waals surface area contributed by atoms with E-state index in [4.69, 9.17) is 4.74 Å². The maximum Gasteiger partial charge on any atom is 0.228 e. The quantitative estimate of drug-likeness (QED) is 0.736. The third-order valence-electron chi connectivity index (χ3n) is 3.35. The molecule has 1 amide bonds. The second-order valence-corrected chi connectivity index (χ2v) is 6.14. The fourth-order valence-corrected chi connectivity index (χ4v) is 3.00. The van der Waals surface area contributed by atoms with Crippen LogP contribution in [0.4, 0.5) is 5.69 Å². The van der Waals surface area contributed by atoms with Crippen LogP contribution >= 0.6 is 11.3 Å².